The van der Waals surface area contributed by atoms with Crippen molar-refractivity contribution in [1.82, 2.24) is 10.3 Å². The average Bonchev–Trinajstić information content (AvgIpc) is 2.74. The molecule has 2 N–H and O–H groups in total. The first-order chi connectivity index (χ1) is 6.81. The van der Waals surface area contributed by atoms with Gasteiger partial charge < -0.3 is 10.3 Å². The Bertz CT molecular complexity index is 307. The molecule has 76 valence electrons. The third-order valence-corrected chi connectivity index (χ3v) is 2.49. The van der Waals surface area contributed by atoms with Gasteiger partial charge in [-0.25, -0.2) is 0 Å². The number of aromatic nitrogens is 1. The largest absolute Gasteiger partial charge is 0.348 e. The highest BCUT2D eigenvalue weighted by molar-refractivity contribution is 5.95. The van der Waals surface area contributed by atoms with Crippen molar-refractivity contribution < 1.29 is 4.79 Å². The Kier molecular flexibility index (Phi) is 2.54. The SMILES string of the molecule is CCNC1CC(=O)N(c2ccc[nH]2)C1. The molecule has 0 aromatic carbocycles. The van der Waals surface area contributed by atoms with Crippen molar-refractivity contribution in [3.63, 3.8) is 0 Å². The van der Waals surface area contributed by atoms with E-state index in [-0.39, 0.29) is 5.91 Å². The number of hydrogen-bond acceptors (Lipinski definition) is 2. The van der Waals surface area contributed by atoms with Crippen molar-refractivity contribution >= 4 is 11.7 Å². The minimum Gasteiger partial charge on any atom is -0.348 e. The number of nitrogens with zero attached hydrogens (tertiary/aromatic N) is 1. The molecule has 0 spiro atoms. The Labute approximate surface area is 83.3 Å². The topological polar surface area (TPSA) is 48.1 Å². The van der Waals surface area contributed by atoms with Gasteiger partial charge in [0.2, 0.25) is 5.91 Å². The number of aromatic amines is 1. The van der Waals surface area contributed by atoms with Gasteiger partial charge in [-0.2, -0.15) is 0 Å². The first kappa shape index (κ1) is 9.27. The summed E-state index contributed by atoms with van der Waals surface area (Å²) in [5.41, 5.74) is 0. The Hall–Kier alpha value is -1.29. The number of carbonyl (C=O) groups is 1. The third-order valence-electron chi connectivity index (χ3n) is 2.49. The van der Waals surface area contributed by atoms with E-state index in [0.29, 0.717) is 12.5 Å². The van der Waals surface area contributed by atoms with Gasteiger partial charge in [-0.1, -0.05) is 6.92 Å². The van der Waals surface area contributed by atoms with Crippen LogP contribution in [0.15, 0.2) is 18.3 Å². The summed E-state index contributed by atoms with van der Waals surface area (Å²) in [4.78, 5) is 16.5. The van der Waals surface area contributed by atoms with Crippen molar-refractivity contribution in [3.05, 3.63) is 18.3 Å². The van der Waals surface area contributed by atoms with Gasteiger partial charge in [0.15, 0.2) is 0 Å². The lowest BCUT2D eigenvalue weighted by Crippen LogP contribution is -2.32. The monoisotopic (exact) mass is 193 g/mol. The molecular weight excluding hydrogens is 178 g/mol. The van der Waals surface area contributed by atoms with E-state index in [4.69, 9.17) is 0 Å². The molecule has 2 heterocycles. The van der Waals surface area contributed by atoms with Crippen LogP contribution >= 0.6 is 0 Å². The van der Waals surface area contributed by atoms with Crippen LogP contribution in [0.25, 0.3) is 0 Å². The molecule has 0 bridgehead atoms. The van der Waals surface area contributed by atoms with Crippen molar-refractivity contribution in [3.8, 4) is 0 Å². The Morgan fingerprint density at radius 1 is 1.71 bits per heavy atom. The fourth-order valence-corrected chi connectivity index (χ4v) is 1.85. The molecule has 0 radical (unpaired) electrons. The average molecular weight is 193 g/mol. The summed E-state index contributed by atoms with van der Waals surface area (Å²) in [6, 6.07) is 4.13. The van der Waals surface area contributed by atoms with Gasteiger partial charge in [0.25, 0.3) is 0 Å². The fraction of sp³-hybridized carbons (Fsp3) is 0.500. The lowest BCUT2D eigenvalue weighted by Gasteiger charge is -2.14. The van der Waals surface area contributed by atoms with Crippen molar-refractivity contribution in [2.24, 2.45) is 0 Å². The predicted molar refractivity (Wildman–Crippen MR) is 55.2 cm³/mol. The molecule has 1 aliphatic rings. The predicted octanol–water partition coefficient (Wildman–Crippen LogP) is 0.729. The smallest absolute Gasteiger partial charge is 0.229 e. The van der Waals surface area contributed by atoms with Crippen molar-refractivity contribution in [2.75, 3.05) is 18.0 Å². The minimum absolute atomic E-state index is 0.193. The molecule has 1 saturated heterocycles. The molecule has 1 unspecified atom stereocenters. The van der Waals surface area contributed by atoms with Crippen molar-refractivity contribution in [2.45, 2.75) is 19.4 Å². The molecule has 0 saturated carbocycles. The summed E-state index contributed by atoms with van der Waals surface area (Å²) in [6.45, 7) is 3.74. The highest BCUT2D eigenvalue weighted by atomic mass is 16.2. The highest BCUT2D eigenvalue weighted by Gasteiger charge is 2.30. The summed E-state index contributed by atoms with van der Waals surface area (Å²) in [5.74, 6) is 1.09. The third kappa shape index (κ3) is 1.65. The van der Waals surface area contributed by atoms with E-state index in [1.165, 1.54) is 0 Å². The van der Waals surface area contributed by atoms with Crippen LogP contribution < -0.4 is 10.2 Å². The first-order valence-electron chi connectivity index (χ1n) is 4.98. The van der Waals surface area contributed by atoms with Crippen LogP contribution in [0.1, 0.15) is 13.3 Å². The van der Waals surface area contributed by atoms with E-state index in [9.17, 15) is 4.79 Å². The van der Waals surface area contributed by atoms with E-state index in [1.54, 1.807) is 4.90 Å². The zero-order valence-corrected chi connectivity index (χ0v) is 8.29. The molecular formula is C10H15N3O. The Morgan fingerprint density at radius 2 is 2.57 bits per heavy atom. The minimum atomic E-state index is 0.193. The lowest BCUT2D eigenvalue weighted by atomic mass is 10.2. The van der Waals surface area contributed by atoms with Gasteiger partial charge >= 0.3 is 0 Å². The summed E-state index contributed by atoms with van der Waals surface area (Å²) in [6.07, 6.45) is 2.44. The summed E-state index contributed by atoms with van der Waals surface area (Å²) < 4.78 is 0. The lowest BCUT2D eigenvalue weighted by molar-refractivity contribution is -0.117. The molecule has 2 rings (SSSR count). The Balaban J connectivity index is 2.05. The second-order valence-electron chi connectivity index (χ2n) is 3.52. The van der Waals surface area contributed by atoms with E-state index in [2.05, 4.69) is 17.2 Å². The van der Waals surface area contributed by atoms with Crippen LogP contribution in [0, 0.1) is 0 Å². The molecule has 1 amide bonds. The number of nitrogens with one attached hydrogen (secondary N) is 2. The van der Waals surface area contributed by atoms with Gasteiger partial charge in [-0.3, -0.25) is 9.69 Å². The molecule has 0 aliphatic carbocycles. The van der Waals surface area contributed by atoms with Crippen LogP contribution in [0.3, 0.4) is 0 Å². The number of rotatable bonds is 3. The second-order valence-corrected chi connectivity index (χ2v) is 3.52. The van der Waals surface area contributed by atoms with Gasteiger partial charge in [0.1, 0.15) is 5.82 Å². The number of H-pyrrole nitrogens is 1. The first-order valence-corrected chi connectivity index (χ1v) is 4.98. The maximum atomic E-state index is 11.6. The molecule has 1 aliphatic heterocycles. The van der Waals surface area contributed by atoms with Crippen LogP contribution in [0.5, 0.6) is 0 Å². The summed E-state index contributed by atoms with van der Waals surface area (Å²) >= 11 is 0. The second kappa shape index (κ2) is 3.84. The molecule has 4 nitrogen and oxygen atoms in total. The molecule has 14 heavy (non-hydrogen) atoms. The zero-order chi connectivity index (χ0) is 9.97. The Morgan fingerprint density at radius 3 is 3.21 bits per heavy atom. The van der Waals surface area contributed by atoms with Gasteiger partial charge in [0.05, 0.1) is 0 Å². The number of amides is 1. The molecule has 1 aromatic heterocycles. The van der Waals surface area contributed by atoms with Crippen molar-refractivity contribution in [1.29, 1.82) is 0 Å². The molecule has 1 fully saturated rings. The maximum absolute atomic E-state index is 11.6. The van der Waals surface area contributed by atoms with Crippen LogP contribution in [-0.4, -0.2) is 30.0 Å². The van der Waals surface area contributed by atoms with E-state index < -0.39 is 0 Å². The van der Waals surface area contributed by atoms with Gasteiger partial charge in [0, 0.05) is 25.2 Å². The number of likely N-dealkylation sites (N-methyl/N-ethyl adjacent to an activating group) is 1. The van der Waals surface area contributed by atoms with Crippen LogP contribution in [0.2, 0.25) is 0 Å². The maximum Gasteiger partial charge on any atom is 0.229 e. The van der Waals surface area contributed by atoms with E-state index in [0.717, 1.165) is 18.9 Å². The summed E-state index contributed by atoms with van der Waals surface area (Å²) in [7, 11) is 0. The van der Waals surface area contributed by atoms with Crippen LogP contribution in [-0.2, 0) is 4.79 Å². The van der Waals surface area contributed by atoms with Crippen LogP contribution in [0.4, 0.5) is 5.82 Å². The quantitative estimate of drug-likeness (QED) is 0.743. The standard InChI is InChI=1S/C10H15N3O/c1-2-11-8-6-10(14)13(7-8)9-4-3-5-12-9/h3-5,8,11-12H,2,6-7H2,1H3. The molecule has 1 atom stereocenters. The van der Waals surface area contributed by atoms with Gasteiger partial charge in [-0.15, -0.1) is 0 Å². The van der Waals surface area contributed by atoms with Gasteiger partial charge in [-0.05, 0) is 18.7 Å². The molecule has 4 heteroatoms. The zero-order valence-electron chi connectivity index (χ0n) is 8.29. The number of anilines is 1. The van der Waals surface area contributed by atoms with E-state index >= 15 is 0 Å². The summed E-state index contributed by atoms with van der Waals surface area (Å²) in [5, 5.41) is 3.29. The number of carbonyl (C=O) groups excluding carboxylic acids is 1. The molecule has 1 aromatic rings. The normalized spacial score (nSPS) is 21.9. The fourth-order valence-electron chi connectivity index (χ4n) is 1.85. The van der Waals surface area contributed by atoms with E-state index in [1.807, 2.05) is 18.3 Å². The number of hydrogen-bond donors (Lipinski definition) is 2. The highest BCUT2D eigenvalue weighted by Crippen LogP contribution is 2.18.